The third kappa shape index (κ3) is 6.06. The van der Waals surface area contributed by atoms with Crippen molar-refractivity contribution in [3.05, 3.63) is 94.5 Å². The van der Waals surface area contributed by atoms with Gasteiger partial charge in [-0.05, 0) is 67.3 Å². The Morgan fingerprint density at radius 2 is 1.77 bits per heavy atom. The predicted molar refractivity (Wildman–Crippen MR) is 137 cm³/mol. The van der Waals surface area contributed by atoms with Crippen molar-refractivity contribution in [1.29, 1.82) is 5.41 Å². The second-order valence-electron chi connectivity index (χ2n) is 8.76. The highest BCUT2D eigenvalue weighted by molar-refractivity contribution is 5.98. The minimum absolute atomic E-state index is 0.0409. The number of anilines is 1. The zero-order valence-electron chi connectivity index (χ0n) is 19.8. The minimum atomic E-state index is -0.228. The largest absolute Gasteiger partial charge is 0.489 e. The SMILES string of the molecule is Cc1cc(NC(=O)Cc2cc(C(=N)N)ccc2OCc2ccccc2)ccc1C(=O)N1CCCC1. The number of nitrogen functional groups attached to an aromatic ring is 1. The van der Waals surface area contributed by atoms with Gasteiger partial charge in [0.05, 0.1) is 6.42 Å². The van der Waals surface area contributed by atoms with Crippen LogP contribution in [0, 0.1) is 12.3 Å². The summed E-state index contributed by atoms with van der Waals surface area (Å²) in [6.07, 6.45) is 2.14. The monoisotopic (exact) mass is 470 g/mol. The third-order valence-corrected chi connectivity index (χ3v) is 6.09. The van der Waals surface area contributed by atoms with Crippen molar-refractivity contribution in [2.75, 3.05) is 18.4 Å². The molecule has 180 valence electrons. The average molecular weight is 471 g/mol. The summed E-state index contributed by atoms with van der Waals surface area (Å²) in [5.74, 6) is 0.305. The van der Waals surface area contributed by atoms with Crippen molar-refractivity contribution in [3.63, 3.8) is 0 Å². The van der Waals surface area contributed by atoms with Gasteiger partial charge in [0.25, 0.3) is 5.91 Å². The van der Waals surface area contributed by atoms with Crippen molar-refractivity contribution in [2.24, 2.45) is 5.73 Å². The molecule has 0 aromatic heterocycles. The molecule has 0 spiro atoms. The van der Waals surface area contributed by atoms with E-state index in [0.717, 1.165) is 37.1 Å². The summed E-state index contributed by atoms with van der Waals surface area (Å²) >= 11 is 0. The van der Waals surface area contributed by atoms with E-state index in [-0.39, 0.29) is 24.1 Å². The van der Waals surface area contributed by atoms with Crippen LogP contribution in [0.1, 0.15) is 45.5 Å². The second kappa shape index (κ2) is 10.9. The number of likely N-dealkylation sites (tertiary alicyclic amines) is 1. The Hall–Kier alpha value is -4.13. The first-order valence-corrected chi connectivity index (χ1v) is 11.7. The van der Waals surface area contributed by atoms with Gasteiger partial charge in [0.2, 0.25) is 5.91 Å². The molecule has 1 heterocycles. The number of nitrogens with zero attached hydrogens (tertiary/aromatic N) is 1. The number of amidine groups is 1. The van der Waals surface area contributed by atoms with Gasteiger partial charge in [-0.25, -0.2) is 0 Å². The molecule has 0 unspecified atom stereocenters. The number of aryl methyl sites for hydroxylation is 1. The van der Waals surface area contributed by atoms with Crippen molar-refractivity contribution >= 4 is 23.3 Å². The Labute approximate surface area is 205 Å². The number of hydrogen-bond donors (Lipinski definition) is 3. The van der Waals surface area contributed by atoms with Gasteiger partial charge in [-0.1, -0.05) is 30.3 Å². The number of carbonyl (C=O) groups is 2. The molecule has 4 rings (SSSR count). The fourth-order valence-electron chi connectivity index (χ4n) is 4.21. The summed E-state index contributed by atoms with van der Waals surface area (Å²) in [6, 6.07) is 20.3. The fraction of sp³-hybridized carbons (Fsp3) is 0.250. The van der Waals surface area contributed by atoms with Crippen LogP contribution in [-0.2, 0) is 17.8 Å². The lowest BCUT2D eigenvalue weighted by Gasteiger charge is -2.17. The highest BCUT2D eigenvalue weighted by Crippen LogP contribution is 2.24. The summed E-state index contributed by atoms with van der Waals surface area (Å²) in [4.78, 5) is 27.5. The molecule has 1 aliphatic rings. The number of benzene rings is 3. The quantitative estimate of drug-likeness (QED) is 0.337. The number of nitrogens with two attached hydrogens (primary N) is 1. The molecule has 3 aromatic rings. The molecule has 4 N–H and O–H groups in total. The number of ether oxygens (including phenoxy) is 1. The molecule has 1 saturated heterocycles. The molecular weight excluding hydrogens is 440 g/mol. The molecular formula is C28H30N4O3. The van der Waals surface area contributed by atoms with E-state index in [1.165, 1.54) is 0 Å². The topological polar surface area (TPSA) is 109 Å². The Balaban J connectivity index is 1.46. The van der Waals surface area contributed by atoms with Crippen LogP contribution in [0.5, 0.6) is 5.75 Å². The van der Waals surface area contributed by atoms with Gasteiger partial charge >= 0.3 is 0 Å². The van der Waals surface area contributed by atoms with Crippen LogP contribution in [0.15, 0.2) is 66.7 Å². The van der Waals surface area contributed by atoms with E-state index in [9.17, 15) is 9.59 Å². The Kier molecular flexibility index (Phi) is 7.45. The number of amides is 2. The second-order valence-corrected chi connectivity index (χ2v) is 8.76. The molecule has 0 radical (unpaired) electrons. The number of carbonyl (C=O) groups excluding carboxylic acids is 2. The summed E-state index contributed by atoms with van der Waals surface area (Å²) in [6.45, 7) is 3.83. The molecule has 7 heteroatoms. The summed E-state index contributed by atoms with van der Waals surface area (Å²) < 4.78 is 5.99. The van der Waals surface area contributed by atoms with E-state index >= 15 is 0 Å². The minimum Gasteiger partial charge on any atom is -0.489 e. The average Bonchev–Trinajstić information content (AvgIpc) is 3.38. The van der Waals surface area contributed by atoms with Crippen LogP contribution in [0.4, 0.5) is 5.69 Å². The zero-order chi connectivity index (χ0) is 24.8. The van der Waals surface area contributed by atoms with Crippen LogP contribution < -0.4 is 15.8 Å². The smallest absolute Gasteiger partial charge is 0.254 e. The van der Waals surface area contributed by atoms with Gasteiger partial charge in [-0.2, -0.15) is 0 Å². The maximum atomic E-state index is 12.9. The van der Waals surface area contributed by atoms with Gasteiger partial charge in [-0.3, -0.25) is 15.0 Å². The first-order valence-electron chi connectivity index (χ1n) is 11.7. The normalized spacial score (nSPS) is 12.9. The molecule has 1 fully saturated rings. The Bertz CT molecular complexity index is 1230. The van der Waals surface area contributed by atoms with Gasteiger partial charge in [0.1, 0.15) is 18.2 Å². The van der Waals surface area contributed by atoms with Gasteiger partial charge < -0.3 is 20.7 Å². The molecule has 0 atom stereocenters. The molecule has 2 amide bonds. The molecule has 3 aromatic carbocycles. The molecule has 0 saturated carbocycles. The summed E-state index contributed by atoms with van der Waals surface area (Å²) in [5, 5.41) is 10.7. The van der Waals surface area contributed by atoms with Crippen molar-refractivity contribution in [3.8, 4) is 5.75 Å². The van der Waals surface area contributed by atoms with E-state index < -0.39 is 0 Å². The van der Waals surface area contributed by atoms with E-state index in [0.29, 0.717) is 34.7 Å². The van der Waals surface area contributed by atoms with E-state index in [2.05, 4.69) is 5.32 Å². The van der Waals surface area contributed by atoms with Crippen LogP contribution in [0.3, 0.4) is 0 Å². The van der Waals surface area contributed by atoms with Crippen LogP contribution >= 0.6 is 0 Å². The molecule has 35 heavy (non-hydrogen) atoms. The maximum absolute atomic E-state index is 12.9. The van der Waals surface area contributed by atoms with Crippen molar-refractivity contribution in [2.45, 2.75) is 32.8 Å². The lowest BCUT2D eigenvalue weighted by atomic mass is 10.0. The third-order valence-electron chi connectivity index (χ3n) is 6.09. The lowest BCUT2D eigenvalue weighted by Crippen LogP contribution is -2.28. The summed E-state index contributed by atoms with van der Waals surface area (Å²) in [7, 11) is 0. The van der Waals surface area contributed by atoms with Gasteiger partial charge in [0.15, 0.2) is 0 Å². The first-order chi connectivity index (χ1) is 16.9. The van der Waals surface area contributed by atoms with E-state index in [1.54, 1.807) is 30.3 Å². The van der Waals surface area contributed by atoms with Crippen LogP contribution in [-0.4, -0.2) is 35.6 Å². The zero-order valence-corrected chi connectivity index (χ0v) is 19.8. The number of nitrogens with one attached hydrogen (secondary N) is 2. The highest BCUT2D eigenvalue weighted by Gasteiger charge is 2.21. The number of hydrogen-bond acceptors (Lipinski definition) is 4. The Morgan fingerprint density at radius 1 is 1.03 bits per heavy atom. The van der Waals surface area contributed by atoms with E-state index in [4.69, 9.17) is 15.9 Å². The molecule has 1 aliphatic heterocycles. The van der Waals surface area contributed by atoms with Gasteiger partial charge in [0, 0.05) is 35.5 Å². The Morgan fingerprint density at radius 3 is 2.46 bits per heavy atom. The molecule has 0 aliphatic carbocycles. The van der Waals surface area contributed by atoms with Crippen molar-refractivity contribution in [1.82, 2.24) is 4.90 Å². The van der Waals surface area contributed by atoms with Gasteiger partial charge in [-0.15, -0.1) is 0 Å². The number of rotatable bonds is 8. The standard InChI is InChI=1S/C28H30N4O3/c1-19-15-23(10-11-24(19)28(34)32-13-5-6-14-32)31-26(33)17-22-16-21(27(29)30)9-12-25(22)35-18-20-7-3-2-4-8-20/h2-4,7-12,15-16H,5-6,13-14,17-18H2,1H3,(H3,29,30)(H,31,33). The van der Waals surface area contributed by atoms with Crippen LogP contribution in [0.2, 0.25) is 0 Å². The fourth-order valence-corrected chi connectivity index (χ4v) is 4.21. The van der Waals surface area contributed by atoms with E-state index in [1.807, 2.05) is 48.2 Å². The van der Waals surface area contributed by atoms with Crippen LogP contribution in [0.25, 0.3) is 0 Å². The maximum Gasteiger partial charge on any atom is 0.254 e. The predicted octanol–water partition coefficient (Wildman–Crippen LogP) is 4.28. The van der Waals surface area contributed by atoms with Crippen molar-refractivity contribution < 1.29 is 14.3 Å². The lowest BCUT2D eigenvalue weighted by molar-refractivity contribution is -0.115. The summed E-state index contributed by atoms with van der Waals surface area (Å²) in [5.41, 5.74) is 9.96. The first kappa shape index (κ1) is 24.0. The highest BCUT2D eigenvalue weighted by atomic mass is 16.5. The molecule has 0 bridgehead atoms. The molecule has 7 nitrogen and oxygen atoms in total.